The van der Waals surface area contributed by atoms with E-state index in [-0.39, 0.29) is 17.4 Å². The number of thiazole rings is 1. The summed E-state index contributed by atoms with van der Waals surface area (Å²) in [4.78, 5) is 35.4. The monoisotopic (exact) mass is 330 g/mol. The van der Waals surface area contributed by atoms with Gasteiger partial charge in [0.05, 0.1) is 27.3 Å². The first-order chi connectivity index (χ1) is 11.0. The summed E-state index contributed by atoms with van der Waals surface area (Å²) in [5, 5.41) is 12.5. The van der Waals surface area contributed by atoms with E-state index in [2.05, 4.69) is 20.3 Å². The zero-order chi connectivity index (χ0) is 16.6. The van der Waals surface area contributed by atoms with Crippen LogP contribution in [0.3, 0.4) is 0 Å². The second-order valence-electron chi connectivity index (χ2n) is 4.94. The van der Waals surface area contributed by atoms with Gasteiger partial charge in [-0.25, -0.2) is 14.8 Å². The molecule has 0 unspecified atom stereocenters. The zero-order valence-electron chi connectivity index (χ0n) is 12.5. The van der Waals surface area contributed by atoms with Crippen LogP contribution in [-0.4, -0.2) is 31.9 Å². The second-order valence-corrected chi connectivity index (χ2v) is 6.14. The number of carboxylic acid groups (broad SMARTS) is 1. The van der Waals surface area contributed by atoms with E-state index in [9.17, 15) is 9.59 Å². The lowest BCUT2D eigenvalue weighted by Crippen LogP contribution is -2.13. The predicted octanol–water partition coefficient (Wildman–Crippen LogP) is 2.84. The summed E-state index contributed by atoms with van der Waals surface area (Å²) in [6.45, 7) is 3.80. The van der Waals surface area contributed by atoms with Gasteiger partial charge in [-0.3, -0.25) is 10.1 Å². The van der Waals surface area contributed by atoms with Crippen molar-refractivity contribution >= 4 is 40.2 Å². The molecule has 118 valence electrons. The molecule has 1 aromatic carbocycles. The maximum Gasteiger partial charge on any atom is 0.335 e. The fraction of sp³-hybridized carbons (Fsp3) is 0.200. The predicted molar refractivity (Wildman–Crippen MR) is 87.2 cm³/mol. The van der Waals surface area contributed by atoms with Crippen LogP contribution in [-0.2, 0) is 6.42 Å². The minimum atomic E-state index is -1.02. The van der Waals surface area contributed by atoms with Crippen molar-refractivity contribution in [1.82, 2.24) is 15.0 Å². The number of nitrogens with one attached hydrogen (secondary N) is 2. The topological polar surface area (TPSA) is 108 Å². The van der Waals surface area contributed by atoms with Gasteiger partial charge >= 0.3 is 5.97 Å². The van der Waals surface area contributed by atoms with Gasteiger partial charge in [0, 0.05) is 0 Å². The molecular weight excluding hydrogens is 316 g/mol. The molecule has 3 N–H and O–H groups in total. The van der Waals surface area contributed by atoms with Crippen molar-refractivity contribution in [3.05, 3.63) is 39.3 Å². The van der Waals surface area contributed by atoms with Crippen LogP contribution in [0.4, 0.5) is 5.95 Å². The van der Waals surface area contributed by atoms with E-state index in [4.69, 9.17) is 5.11 Å². The Balaban J connectivity index is 1.88. The first-order valence-electron chi connectivity index (χ1n) is 6.98. The lowest BCUT2D eigenvalue weighted by molar-refractivity contribution is 0.0696. The largest absolute Gasteiger partial charge is 0.478 e. The number of amides is 1. The molecule has 0 atom stereocenters. The molecule has 23 heavy (non-hydrogen) atoms. The van der Waals surface area contributed by atoms with Crippen LogP contribution in [0, 0.1) is 6.92 Å². The molecule has 0 radical (unpaired) electrons. The van der Waals surface area contributed by atoms with Crippen molar-refractivity contribution in [3.63, 3.8) is 0 Å². The minimum absolute atomic E-state index is 0.147. The number of carbonyl (C=O) groups is 2. The molecule has 0 aliphatic carbocycles. The number of imidazole rings is 1. The lowest BCUT2D eigenvalue weighted by atomic mass is 10.2. The molecular formula is C15H14N4O3S. The number of hydrogen-bond donors (Lipinski definition) is 3. The van der Waals surface area contributed by atoms with Gasteiger partial charge in [-0.2, -0.15) is 0 Å². The van der Waals surface area contributed by atoms with E-state index in [1.165, 1.54) is 23.5 Å². The second kappa shape index (κ2) is 5.81. The summed E-state index contributed by atoms with van der Waals surface area (Å²) < 4.78 is 0. The van der Waals surface area contributed by atoms with Crippen molar-refractivity contribution in [2.75, 3.05) is 5.32 Å². The van der Waals surface area contributed by atoms with Crippen molar-refractivity contribution in [2.45, 2.75) is 20.3 Å². The molecule has 0 spiro atoms. The molecule has 2 aromatic heterocycles. The van der Waals surface area contributed by atoms with Crippen LogP contribution in [0.15, 0.2) is 18.2 Å². The first kappa shape index (κ1) is 15.2. The maximum absolute atomic E-state index is 12.4. The minimum Gasteiger partial charge on any atom is -0.478 e. The Morgan fingerprint density at radius 2 is 2.13 bits per heavy atom. The smallest absolute Gasteiger partial charge is 0.335 e. The standard InChI is InChI=1S/C15H14N4O3S/c1-3-9-12(23-7(2)16-9)13(20)19-15-17-10-5-4-8(14(21)22)6-11(10)18-15/h4-6H,3H2,1-2H3,(H,21,22)(H2,17,18,19,20). The van der Waals surface area contributed by atoms with E-state index < -0.39 is 5.97 Å². The number of nitrogens with zero attached hydrogens (tertiary/aromatic N) is 2. The molecule has 1 amide bonds. The molecule has 2 heterocycles. The number of aromatic amines is 1. The molecule has 0 saturated heterocycles. The van der Waals surface area contributed by atoms with Crippen molar-refractivity contribution in [2.24, 2.45) is 0 Å². The average Bonchev–Trinajstić information content (AvgIpc) is 3.08. The Hall–Kier alpha value is -2.74. The molecule has 0 fully saturated rings. The number of carbonyl (C=O) groups excluding carboxylic acids is 1. The summed E-state index contributed by atoms with van der Waals surface area (Å²) in [6.07, 6.45) is 0.676. The quantitative estimate of drug-likeness (QED) is 0.681. The highest BCUT2D eigenvalue weighted by Crippen LogP contribution is 2.21. The molecule has 0 aliphatic heterocycles. The van der Waals surface area contributed by atoms with Gasteiger partial charge in [0.2, 0.25) is 5.95 Å². The first-order valence-corrected chi connectivity index (χ1v) is 7.80. The number of carboxylic acids is 1. The Morgan fingerprint density at radius 3 is 2.83 bits per heavy atom. The van der Waals surface area contributed by atoms with E-state index in [0.717, 1.165) is 10.7 Å². The van der Waals surface area contributed by atoms with Crippen LogP contribution in [0.2, 0.25) is 0 Å². The van der Waals surface area contributed by atoms with Crippen molar-refractivity contribution in [3.8, 4) is 0 Å². The maximum atomic E-state index is 12.4. The molecule has 0 saturated carbocycles. The highest BCUT2D eigenvalue weighted by molar-refractivity contribution is 7.13. The third-order valence-electron chi connectivity index (χ3n) is 3.31. The van der Waals surface area contributed by atoms with Crippen LogP contribution in [0.1, 0.15) is 37.7 Å². The van der Waals surface area contributed by atoms with E-state index in [1.54, 1.807) is 6.07 Å². The molecule has 3 rings (SSSR count). The van der Waals surface area contributed by atoms with E-state index in [1.807, 2.05) is 13.8 Å². The Bertz CT molecular complexity index is 913. The van der Waals surface area contributed by atoms with Gasteiger partial charge < -0.3 is 10.1 Å². The number of fused-ring (bicyclic) bond motifs is 1. The summed E-state index contributed by atoms with van der Waals surface area (Å²) in [6, 6.07) is 4.56. The van der Waals surface area contributed by atoms with Gasteiger partial charge in [0.15, 0.2) is 0 Å². The molecule has 0 aliphatic rings. The normalized spacial score (nSPS) is 10.9. The van der Waals surface area contributed by atoms with Gasteiger partial charge in [-0.05, 0) is 31.5 Å². The Morgan fingerprint density at radius 1 is 1.35 bits per heavy atom. The molecule has 3 aromatic rings. The summed E-state index contributed by atoms with van der Waals surface area (Å²) >= 11 is 1.34. The molecule has 0 bridgehead atoms. The fourth-order valence-corrected chi connectivity index (χ4v) is 3.15. The fourth-order valence-electron chi connectivity index (χ4n) is 2.25. The molecule has 8 heteroatoms. The average molecular weight is 330 g/mol. The van der Waals surface area contributed by atoms with Crippen molar-refractivity contribution in [1.29, 1.82) is 0 Å². The number of rotatable bonds is 4. The highest BCUT2D eigenvalue weighted by Gasteiger charge is 2.17. The number of aryl methyl sites for hydroxylation is 2. The van der Waals surface area contributed by atoms with Crippen LogP contribution in [0.5, 0.6) is 0 Å². The number of benzene rings is 1. The van der Waals surface area contributed by atoms with Gasteiger partial charge in [0.25, 0.3) is 5.91 Å². The van der Waals surface area contributed by atoms with Crippen LogP contribution >= 0.6 is 11.3 Å². The van der Waals surface area contributed by atoms with Gasteiger partial charge in [-0.15, -0.1) is 11.3 Å². The van der Waals surface area contributed by atoms with Gasteiger partial charge in [-0.1, -0.05) is 6.92 Å². The number of aromatic nitrogens is 3. The lowest BCUT2D eigenvalue weighted by Gasteiger charge is -2.00. The summed E-state index contributed by atoms with van der Waals surface area (Å²) in [5.74, 6) is -1.01. The number of anilines is 1. The third kappa shape index (κ3) is 2.93. The Kier molecular flexibility index (Phi) is 3.83. The molecule has 7 nitrogen and oxygen atoms in total. The van der Waals surface area contributed by atoms with Crippen LogP contribution in [0.25, 0.3) is 11.0 Å². The van der Waals surface area contributed by atoms with Crippen molar-refractivity contribution < 1.29 is 14.7 Å². The van der Waals surface area contributed by atoms with Gasteiger partial charge in [0.1, 0.15) is 4.88 Å². The highest BCUT2D eigenvalue weighted by atomic mass is 32.1. The van der Waals surface area contributed by atoms with E-state index in [0.29, 0.717) is 22.3 Å². The Labute approximate surface area is 135 Å². The third-order valence-corrected chi connectivity index (χ3v) is 4.32. The number of aromatic carboxylic acids is 1. The zero-order valence-corrected chi connectivity index (χ0v) is 13.3. The summed E-state index contributed by atoms with van der Waals surface area (Å²) in [5.41, 5.74) is 2.04. The van der Waals surface area contributed by atoms with Crippen LogP contribution < -0.4 is 5.32 Å². The number of H-pyrrole nitrogens is 1. The number of hydrogen-bond acceptors (Lipinski definition) is 5. The summed E-state index contributed by atoms with van der Waals surface area (Å²) in [7, 11) is 0. The van der Waals surface area contributed by atoms with E-state index >= 15 is 0 Å². The SMILES string of the molecule is CCc1nc(C)sc1C(=O)Nc1nc2cc(C(=O)O)ccc2[nH]1.